The van der Waals surface area contributed by atoms with E-state index in [0.29, 0.717) is 24.2 Å². The van der Waals surface area contributed by atoms with Gasteiger partial charge in [-0.25, -0.2) is 0 Å². The van der Waals surface area contributed by atoms with Gasteiger partial charge in [-0.15, -0.1) is 0 Å². The first-order valence-corrected chi connectivity index (χ1v) is 5.45. The Kier molecular flexibility index (Phi) is 3.96. The summed E-state index contributed by atoms with van der Waals surface area (Å²) in [5.41, 5.74) is 0. The van der Waals surface area contributed by atoms with Crippen molar-refractivity contribution < 1.29 is 0 Å². The van der Waals surface area contributed by atoms with Gasteiger partial charge in [0.1, 0.15) is 0 Å². The van der Waals surface area contributed by atoms with Crippen LogP contribution in [0.1, 0.15) is 39.5 Å². The SMILES string of the molecule is CC1CC(C#N)C(CCC#N)CC1C. The second-order valence-electron chi connectivity index (χ2n) is 4.62. The predicted molar refractivity (Wildman–Crippen MR) is 55.0 cm³/mol. The van der Waals surface area contributed by atoms with Crippen molar-refractivity contribution in [1.82, 2.24) is 0 Å². The van der Waals surface area contributed by atoms with E-state index >= 15 is 0 Å². The quantitative estimate of drug-likeness (QED) is 0.671. The average molecular weight is 190 g/mol. The van der Waals surface area contributed by atoms with Crippen LogP contribution < -0.4 is 0 Å². The topological polar surface area (TPSA) is 47.6 Å². The molecule has 0 aromatic rings. The molecule has 76 valence electrons. The van der Waals surface area contributed by atoms with E-state index in [2.05, 4.69) is 26.0 Å². The van der Waals surface area contributed by atoms with Gasteiger partial charge in [0.2, 0.25) is 0 Å². The van der Waals surface area contributed by atoms with Crippen LogP contribution >= 0.6 is 0 Å². The summed E-state index contributed by atoms with van der Waals surface area (Å²) < 4.78 is 0. The molecule has 0 radical (unpaired) electrons. The van der Waals surface area contributed by atoms with Crippen LogP contribution in [-0.2, 0) is 0 Å². The molecule has 4 atom stereocenters. The maximum absolute atomic E-state index is 9.03. The second kappa shape index (κ2) is 5.01. The highest BCUT2D eigenvalue weighted by atomic mass is 14.4. The van der Waals surface area contributed by atoms with Gasteiger partial charge in [-0.05, 0) is 37.0 Å². The van der Waals surface area contributed by atoms with Crippen molar-refractivity contribution in [3.63, 3.8) is 0 Å². The van der Waals surface area contributed by atoms with Crippen LogP contribution in [0, 0.1) is 46.3 Å². The minimum absolute atomic E-state index is 0.189. The normalized spacial score (nSPS) is 37.1. The molecule has 0 heterocycles. The van der Waals surface area contributed by atoms with Crippen molar-refractivity contribution in [3.8, 4) is 12.1 Å². The van der Waals surface area contributed by atoms with Crippen LogP contribution in [0.4, 0.5) is 0 Å². The Balaban J connectivity index is 2.55. The summed E-state index contributed by atoms with van der Waals surface area (Å²) >= 11 is 0. The van der Waals surface area contributed by atoms with E-state index in [4.69, 9.17) is 10.5 Å². The molecule has 0 aliphatic heterocycles. The summed E-state index contributed by atoms with van der Waals surface area (Å²) in [4.78, 5) is 0. The second-order valence-corrected chi connectivity index (χ2v) is 4.62. The first-order chi connectivity index (χ1) is 6.69. The number of nitriles is 2. The standard InChI is InChI=1S/C12H18N2/c1-9-6-11(4-3-5-13)12(8-14)7-10(9)2/h9-12H,3-4,6-7H2,1-2H3. The molecule has 0 saturated heterocycles. The summed E-state index contributed by atoms with van der Waals surface area (Å²) in [7, 11) is 0. The molecule has 0 N–H and O–H groups in total. The molecule has 4 unspecified atom stereocenters. The van der Waals surface area contributed by atoms with Gasteiger partial charge in [0.25, 0.3) is 0 Å². The van der Waals surface area contributed by atoms with Gasteiger partial charge < -0.3 is 0 Å². The van der Waals surface area contributed by atoms with Crippen LogP contribution in [0.5, 0.6) is 0 Å². The van der Waals surface area contributed by atoms with Crippen molar-refractivity contribution >= 4 is 0 Å². The van der Waals surface area contributed by atoms with Crippen LogP contribution in [-0.4, -0.2) is 0 Å². The highest BCUT2D eigenvalue weighted by Crippen LogP contribution is 2.39. The molecule has 1 aliphatic rings. The van der Waals surface area contributed by atoms with Crippen molar-refractivity contribution in [2.45, 2.75) is 39.5 Å². The van der Waals surface area contributed by atoms with Crippen LogP contribution in [0.25, 0.3) is 0 Å². The maximum Gasteiger partial charge on any atom is 0.0658 e. The van der Waals surface area contributed by atoms with Gasteiger partial charge in [-0.2, -0.15) is 10.5 Å². The number of nitrogens with zero attached hydrogens (tertiary/aromatic N) is 2. The lowest BCUT2D eigenvalue weighted by molar-refractivity contribution is 0.159. The fourth-order valence-corrected chi connectivity index (χ4v) is 2.43. The zero-order valence-electron chi connectivity index (χ0n) is 9.03. The molecule has 1 saturated carbocycles. The molecule has 1 fully saturated rings. The lowest BCUT2D eigenvalue weighted by Gasteiger charge is -2.35. The third-order valence-electron chi connectivity index (χ3n) is 3.63. The molecular formula is C12H18N2. The zero-order valence-corrected chi connectivity index (χ0v) is 9.03. The van der Waals surface area contributed by atoms with Gasteiger partial charge in [0, 0.05) is 12.3 Å². The smallest absolute Gasteiger partial charge is 0.0658 e. The number of rotatable bonds is 2. The molecule has 1 rings (SSSR count). The fourth-order valence-electron chi connectivity index (χ4n) is 2.43. The van der Waals surface area contributed by atoms with Crippen LogP contribution in [0.2, 0.25) is 0 Å². The third kappa shape index (κ3) is 2.48. The van der Waals surface area contributed by atoms with Crippen LogP contribution in [0.15, 0.2) is 0 Å². The van der Waals surface area contributed by atoms with E-state index in [-0.39, 0.29) is 5.92 Å². The van der Waals surface area contributed by atoms with E-state index in [1.165, 1.54) is 0 Å². The molecule has 2 heteroatoms. The minimum Gasteiger partial charge on any atom is -0.198 e. The van der Waals surface area contributed by atoms with E-state index in [1.807, 2.05) is 0 Å². The summed E-state index contributed by atoms with van der Waals surface area (Å²) in [6, 6.07) is 4.58. The first kappa shape index (κ1) is 11.1. The molecule has 0 aromatic heterocycles. The monoisotopic (exact) mass is 190 g/mol. The Morgan fingerprint density at radius 1 is 1.14 bits per heavy atom. The van der Waals surface area contributed by atoms with Gasteiger partial charge in [-0.1, -0.05) is 13.8 Å². The van der Waals surface area contributed by atoms with E-state index in [1.54, 1.807) is 0 Å². The summed E-state index contributed by atoms with van der Waals surface area (Å²) in [5.74, 6) is 2.03. The zero-order chi connectivity index (χ0) is 10.6. The lowest BCUT2D eigenvalue weighted by Crippen LogP contribution is -2.28. The van der Waals surface area contributed by atoms with Crippen LogP contribution in [0.3, 0.4) is 0 Å². The van der Waals surface area contributed by atoms with Crippen molar-refractivity contribution in [2.24, 2.45) is 23.7 Å². The fraction of sp³-hybridized carbons (Fsp3) is 0.833. The average Bonchev–Trinajstić information content (AvgIpc) is 2.19. The molecule has 1 aliphatic carbocycles. The van der Waals surface area contributed by atoms with E-state index in [9.17, 15) is 0 Å². The minimum atomic E-state index is 0.189. The first-order valence-electron chi connectivity index (χ1n) is 5.45. The molecular weight excluding hydrogens is 172 g/mol. The third-order valence-corrected chi connectivity index (χ3v) is 3.63. The van der Waals surface area contributed by atoms with Gasteiger partial charge in [0.15, 0.2) is 0 Å². The molecule has 14 heavy (non-hydrogen) atoms. The highest BCUT2D eigenvalue weighted by molar-refractivity contribution is 4.94. The Morgan fingerprint density at radius 3 is 2.36 bits per heavy atom. The Labute approximate surface area is 86.5 Å². The Bertz CT molecular complexity index is 258. The molecule has 0 aromatic carbocycles. The predicted octanol–water partition coefficient (Wildman–Crippen LogP) is 3.11. The molecule has 0 bridgehead atoms. The largest absolute Gasteiger partial charge is 0.198 e. The molecule has 0 spiro atoms. The molecule has 2 nitrogen and oxygen atoms in total. The van der Waals surface area contributed by atoms with Gasteiger partial charge >= 0.3 is 0 Å². The van der Waals surface area contributed by atoms with Crippen molar-refractivity contribution in [2.75, 3.05) is 0 Å². The Hall–Kier alpha value is -1.02. The summed E-state index contributed by atoms with van der Waals surface area (Å²) in [5, 5.41) is 17.6. The Morgan fingerprint density at radius 2 is 1.79 bits per heavy atom. The maximum atomic E-state index is 9.03. The van der Waals surface area contributed by atoms with Crippen molar-refractivity contribution in [1.29, 1.82) is 10.5 Å². The van der Waals surface area contributed by atoms with E-state index < -0.39 is 0 Å². The number of hydrogen-bond donors (Lipinski definition) is 0. The van der Waals surface area contributed by atoms with E-state index in [0.717, 1.165) is 19.3 Å². The van der Waals surface area contributed by atoms with Gasteiger partial charge in [-0.3, -0.25) is 0 Å². The number of hydrogen-bond acceptors (Lipinski definition) is 2. The summed E-state index contributed by atoms with van der Waals surface area (Å²) in [6.07, 6.45) is 3.66. The lowest BCUT2D eigenvalue weighted by atomic mass is 9.69. The molecule has 0 amide bonds. The van der Waals surface area contributed by atoms with Crippen molar-refractivity contribution in [3.05, 3.63) is 0 Å². The van der Waals surface area contributed by atoms with Gasteiger partial charge in [0.05, 0.1) is 12.1 Å². The highest BCUT2D eigenvalue weighted by Gasteiger charge is 2.32. The summed E-state index contributed by atoms with van der Waals surface area (Å²) in [6.45, 7) is 4.49.